The third-order valence-electron chi connectivity index (χ3n) is 8.15. The summed E-state index contributed by atoms with van der Waals surface area (Å²) in [6.45, 7) is 12.6. The highest BCUT2D eigenvalue weighted by Crippen LogP contribution is 2.28. The van der Waals surface area contributed by atoms with Gasteiger partial charge in [0, 0.05) is 24.1 Å². The van der Waals surface area contributed by atoms with Crippen LogP contribution in [0.1, 0.15) is 82.1 Å². The smallest absolute Gasteiger partial charge is 0.343 e. The largest absolute Gasteiger partial charge is 0.457 e. The minimum Gasteiger partial charge on any atom is -0.457 e. The molecular formula is C39H43NO6. The molecule has 7 nitrogen and oxygen atoms in total. The SMILES string of the molecule is C=C(Oc1ccc2cc(OC(=O)c3ccc(OC(=O)CCC(C)CC)cc3)ccc2c1)c1ccc(NC(=O)CCC(C)CC)cc1. The summed E-state index contributed by atoms with van der Waals surface area (Å²) in [6.07, 6.45) is 4.60. The summed E-state index contributed by atoms with van der Waals surface area (Å²) in [5.74, 6) is 2.11. The second-order valence-electron chi connectivity index (χ2n) is 11.8. The van der Waals surface area contributed by atoms with E-state index >= 15 is 0 Å². The van der Waals surface area contributed by atoms with Gasteiger partial charge in [-0.2, -0.15) is 0 Å². The Morgan fingerprint density at radius 3 is 1.76 bits per heavy atom. The minimum atomic E-state index is -0.512. The van der Waals surface area contributed by atoms with Crippen molar-refractivity contribution in [2.45, 2.75) is 66.2 Å². The fourth-order valence-electron chi connectivity index (χ4n) is 4.65. The van der Waals surface area contributed by atoms with E-state index in [-0.39, 0.29) is 11.9 Å². The third kappa shape index (κ3) is 10.1. The molecule has 4 aromatic rings. The highest BCUT2D eigenvalue weighted by Gasteiger charge is 2.13. The van der Waals surface area contributed by atoms with Gasteiger partial charge < -0.3 is 19.5 Å². The fraction of sp³-hybridized carbons (Fsp3) is 0.308. The number of hydrogen-bond acceptors (Lipinski definition) is 6. The lowest BCUT2D eigenvalue weighted by Gasteiger charge is -2.12. The summed E-state index contributed by atoms with van der Waals surface area (Å²) in [5, 5.41) is 4.72. The van der Waals surface area contributed by atoms with Crippen molar-refractivity contribution in [1.82, 2.24) is 0 Å². The summed E-state index contributed by atoms with van der Waals surface area (Å²) in [5.41, 5.74) is 1.88. The van der Waals surface area contributed by atoms with E-state index in [1.165, 1.54) is 0 Å². The van der Waals surface area contributed by atoms with Crippen molar-refractivity contribution in [3.8, 4) is 17.2 Å². The number of carbonyl (C=O) groups excluding carboxylic acids is 3. The van der Waals surface area contributed by atoms with Crippen LogP contribution in [0.25, 0.3) is 16.5 Å². The van der Waals surface area contributed by atoms with Gasteiger partial charge in [0.25, 0.3) is 0 Å². The fourth-order valence-corrected chi connectivity index (χ4v) is 4.65. The molecule has 46 heavy (non-hydrogen) atoms. The summed E-state index contributed by atoms with van der Waals surface area (Å²) >= 11 is 0. The number of fused-ring (bicyclic) bond motifs is 1. The topological polar surface area (TPSA) is 90.9 Å². The first-order valence-electron chi connectivity index (χ1n) is 16.0. The third-order valence-corrected chi connectivity index (χ3v) is 8.15. The maximum atomic E-state index is 12.8. The summed E-state index contributed by atoms with van der Waals surface area (Å²) < 4.78 is 17.0. The molecule has 0 aliphatic heterocycles. The van der Waals surface area contributed by atoms with Crippen LogP contribution in [-0.2, 0) is 9.59 Å². The number of esters is 2. The summed E-state index contributed by atoms with van der Waals surface area (Å²) in [6, 6.07) is 24.7. The Hall–Kier alpha value is -4.91. The molecule has 1 N–H and O–H groups in total. The molecule has 0 radical (unpaired) electrons. The van der Waals surface area contributed by atoms with Crippen LogP contribution in [0.15, 0.2) is 91.5 Å². The molecule has 2 unspecified atom stereocenters. The Morgan fingerprint density at radius 2 is 1.17 bits per heavy atom. The van der Waals surface area contributed by atoms with E-state index in [0.29, 0.717) is 53.2 Å². The number of ether oxygens (including phenoxy) is 3. The maximum Gasteiger partial charge on any atom is 0.343 e. The molecule has 4 rings (SSSR count). The molecule has 7 heteroatoms. The van der Waals surface area contributed by atoms with Gasteiger partial charge in [-0.1, -0.05) is 59.2 Å². The molecule has 240 valence electrons. The van der Waals surface area contributed by atoms with Gasteiger partial charge in [0.15, 0.2) is 0 Å². The lowest BCUT2D eigenvalue weighted by Crippen LogP contribution is -2.12. The van der Waals surface area contributed by atoms with Crippen molar-refractivity contribution in [2.75, 3.05) is 5.32 Å². The molecule has 0 saturated heterocycles. The number of carbonyl (C=O) groups is 3. The van der Waals surface area contributed by atoms with Gasteiger partial charge in [-0.05, 0) is 108 Å². The molecule has 0 aliphatic carbocycles. The Kier molecular flexibility index (Phi) is 12.1. The number of anilines is 1. The molecule has 0 aromatic heterocycles. The van der Waals surface area contributed by atoms with Crippen LogP contribution in [-0.4, -0.2) is 17.8 Å². The Bertz CT molecular complexity index is 1530. The highest BCUT2D eigenvalue weighted by molar-refractivity contribution is 5.93. The first-order chi connectivity index (χ1) is 22.1. The highest BCUT2D eigenvalue weighted by atomic mass is 16.5. The van der Waals surface area contributed by atoms with Crippen molar-refractivity contribution >= 4 is 40.1 Å². The molecular weight excluding hydrogens is 578 g/mol. The van der Waals surface area contributed by atoms with Crippen LogP contribution < -0.4 is 19.5 Å². The van der Waals surface area contributed by atoms with Gasteiger partial charge >= 0.3 is 11.9 Å². The van der Waals surface area contributed by atoms with E-state index in [1.807, 2.05) is 48.5 Å². The van der Waals surface area contributed by atoms with Crippen LogP contribution in [0.2, 0.25) is 0 Å². The van der Waals surface area contributed by atoms with E-state index in [9.17, 15) is 14.4 Å². The second kappa shape index (κ2) is 16.4. The summed E-state index contributed by atoms with van der Waals surface area (Å²) in [4.78, 5) is 37.1. The van der Waals surface area contributed by atoms with Crippen LogP contribution in [0.4, 0.5) is 5.69 Å². The number of rotatable bonds is 15. The van der Waals surface area contributed by atoms with Crippen LogP contribution >= 0.6 is 0 Å². The quantitative estimate of drug-likeness (QED) is 0.0807. The predicted octanol–water partition coefficient (Wildman–Crippen LogP) is 9.61. The molecule has 4 aromatic carbocycles. The Morgan fingerprint density at radius 1 is 0.652 bits per heavy atom. The van der Waals surface area contributed by atoms with Crippen LogP contribution in [0.5, 0.6) is 17.2 Å². The Balaban J connectivity index is 1.30. The minimum absolute atomic E-state index is 0.0123. The first-order valence-corrected chi connectivity index (χ1v) is 16.0. The molecule has 0 aliphatic rings. The molecule has 0 fully saturated rings. The van der Waals surface area contributed by atoms with Crippen molar-refractivity contribution in [3.63, 3.8) is 0 Å². The van der Waals surface area contributed by atoms with Gasteiger partial charge in [-0.3, -0.25) is 9.59 Å². The van der Waals surface area contributed by atoms with Gasteiger partial charge in [-0.25, -0.2) is 4.79 Å². The standard InChI is InChI=1S/C39H43NO6/c1-6-26(3)8-22-37(41)40-33-16-10-29(11-17-33)28(5)44-35-20-14-32-25-36(21-15-31(32)24-35)46-39(43)30-12-18-34(19-13-30)45-38(42)23-9-27(4)7-2/h10-21,24-27H,5-9,22-23H2,1-4H3,(H,40,41). The molecule has 0 saturated carbocycles. The first kappa shape index (κ1) is 34.0. The average molecular weight is 622 g/mol. The normalized spacial score (nSPS) is 12.2. The van der Waals surface area contributed by atoms with Gasteiger partial charge in [-0.15, -0.1) is 0 Å². The van der Waals surface area contributed by atoms with Crippen molar-refractivity contribution in [2.24, 2.45) is 11.8 Å². The molecule has 2 atom stereocenters. The number of amides is 1. The predicted molar refractivity (Wildman–Crippen MR) is 183 cm³/mol. The van der Waals surface area contributed by atoms with Crippen molar-refractivity contribution in [3.05, 3.63) is 103 Å². The number of nitrogens with one attached hydrogen (secondary N) is 1. The van der Waals surface area contributed by atoms with E-state index in [0.717, 1.165) is 47.7 Å². The molecule has 0 spiro atoms. The summed E-state index contributed by atoms with van der Waals surface area (Å²) in [7, 11) is 0. The molecule has 1 amide bonds. The second-order valence-corrected chi connectivity index (χ2v) is 11.8. The van der Waals surface area contributed by atoms with E-state index in [4.69, 9.17) is 14.2 Å². The van der Waals surface area contributed by atoms with Gasteiger partial charge in [0.2, 0.25) is 5.91 Å². The average Bonchev–Trinajstić information content (AvgIpc) is 3.06. The van der Waals surface area contributed by atoms with Gasteiger partial charge in [0.05, 0.1) is 5.56 Å². The lowest BCUT2D eigenvalue weighted by molar-refractivity contribution is -0.134. The van der Waals surface area contributed by atoms with E-state index < -0.39 is 5.97 Å². The monoisotopic (exact) mass is 621 g/mol. The van der Waals surface area contributed by atoms with Crippen molar-refractivity contribution in [1.29, 1.82) is 0 Å². The zero-order valence-corrected chi connectivity index (χ0v) is 27.1. The van der Waals surface area contributed by atoms with E-state index in [2.05, 4.69) is 39.6 Å². The van der Waals surface area contributed by atoms with Gasteiger partial charge in [0.1, 0.15) is 23.0 Å². The number of hydrogen-bond donors (Lipinski definition) is 1. The maximum absolute atomic E-state index is 12.8. The van der Waals surface area contributed by atoms with Crippen molar-refractivity contribution < 1.29 is 28.6 Å². The zero-order chi connectivity index (χ0) is 33.1. The molecule has 0 bridgehead atoms. The van der Waals surface area contributed by atoms with Crippen LogP contribution in [0, 0.1) is 11.8 Å². The molecule has 0 heterocycles. The number of benzene rings is 4. The van der Waals surface area contributed by atoms with E-state index in [1.54, 1.807) is 36.4 Å². The zero-order valence-electron chi connectivity index (χ0n) is 27.1. The Labute approximate surface area is 271 Å². The lowest BCUT2D eigenvalue weighted by atomic mass is 10.0. The van der Waals surface area contributed by atoms with Crippen LogP contribution in [0.3, 0.4) is 0 Å².